The molecule has 5 aromatic carbocycles. The van der Waals surface area contributed by atoms with Crippen LogP contribution in [0.2, 0.25) is 0 Å². The van der Waals surface area contributed by atoms with Crippen molar-refractivity contribution in [1.82, 2.24) is 4.98 Å². The number of aromatic nitrogens is 1. The van der Waals surface area contributed by atoms with Crippen LogP contribution < -0.4 is 0 Å². The Kier molecular flexibility index (Phi) is 4.47. The molecule has 1 heteroatoms. The van der Waals surface area contributed by atoms with E-state index in [1.807, 2.05) is 12.3 Å². The molecule has 0 fully saturated rings. The van der Waals surface area contributed by atoms with Crippen LogP contribution in [0, 0.1) is 6.92 Å². The van der Waals surface area contributed by atoms with Crippen LogP contribution in [0.4, 0.5) is 0 Å². The number of aryl methyl sites for hydroxylation is 1. The Bertz CT molecular complexity index is 1810. The zero-order valence-electron chi connectivity index (χ0n) is 20.8. The zero-order valence-corrected chi connectivity index (χ0v) is 20.8. The molecule has 0 unspecified atom stereocenters. The Morgan fingerprint density at radius 3 is 2.00 bits per heavy atom. The van der Waals surface area contributed by atoms with Crippen molar-refractivity contribution in [1.29, 1.82) is 0 Å². The minimum atomic E-state index is -0.0304. The second-order valence-electron chi connectivity index (χ2n) is 10.5. The predicted molar refractivity (Wildman–Crippen MR) is 152 cm³/mol. The third-order valence-corrected chi connectivity index (χ3v) is 7.98. The van der Waals surface area contributed by atoms with Gasteiger partial charge in [0.1, 0.15) is 0 Å². The van der Waals surface area contributed by atoms with E-state index >= 15 is 0 Å². The van der Waals surface area contributed by atoms with Crippen molar-refractivity contribution in [2.75, 3.05) is 0 Å². The third-order valence-electron chi connectivity index (χ3n) is 7.98. The molecule has 1 heterocycles. The first kappa shape index (κ1) is 21.1. The molecule has 0 saturated heterocycles. The summed E-state index contributed by atoms with van der Waals surface area (Å²) in [4.78, 5) is 4.78. The van der Waals surface area contributed by atoms with Gasteiger partial charge in [0.05, 0.1) is 5.69 Å². The minimum absolute atomic E-state index is 0.0304. The van der Waals surface area contributed by atoms with Crippen molar-refractivity contribution in [3.63, 3.8) is 0 Å². The number of hydrogen-bond donors (Lipinski definition) is 0. The molecule has 0 radical (unpaired) electrons. The van der Waals surface area contributed by atoms with Gasteiger partial charge in [0.2, 0.25) is 0 Å². The monoisotopic (exact) mass is 461 g/mol. The molecule has 172 valence electrons. The molecule has 0 atom stereocenters. The number of benzene rings is 5. The summed E-state index contributed by atoms with van der Waals surface area (Å²) in [6.45, 7) is 6.89. The highest BCUT2D eigenvalue weighted by Gasteiger charge is 2.37. The van der Waals surface area contributed by atoms with E-state index in [2.05, 4.69) is 118 Å². The van der Waals surface area contributed by atoms with Crippen molar-refractivity contribution in [2.24, 2.45) is 0 Å². The first-order valence-corrected chi connectivity index (χ1v) is 12.7. The second-order valence-corrected chi connectivity index (χ2v) is 10.5. The number of fused-ring (bicyclic) bond motifs is 5. The van der Waals surface area contributed by atoms with Crippen LogP contribution in [0.15, 0.2) is 109 Å². The summed E-state index contributed by atoms with van der Waals surface area (Å²) in [6, 6.07) is 37.7. The normalized spacial score (nSPS) is 13.6. The van der Waals surface area contributed by atoms with Gasteiger partial charge < -0.3 is 0 Å². The summed E-state index contributed by atoms with van der Waals surface area (Å²) in [5.41, 5.74) is 11.6. The van der Waals surface area contributed by atoms with E-state index in [0.717, 1.165) is 5.69 Å². The zero-order chi connectivity index (χ0) is 24.4. The minimum Gasteiger partial charge on any atom is -0.256 e. The first-order chi connectivity index (χ1) is 17.6. The van der Waals surface area contributed by atoms with E-state index in [1.165, 1.54) is 66.1 Å². The maximum atomic E-state index is 4.78. The first-order valence-electron chi connectivity index (χ1n) is 12.7. The molecule has 0 N–H and O–H groups in total. The molecule has 1 aromatic heterocycles. The maximum Gasteiger partial charge on any atom is 0.0714 e. The number of pyridine rings is 1. The Labute approximate surface area is 212 Å². The van der Waals surface area contributed by atoms with E-state index in [0.29, 0.717) is 0 Å². The predicted octanol–water partition coefficient (Wildman–Crippen LogP) is 9.34. The molecule has 6 aromatic rings. The molecule has 1 nitrogen and oxygen atoms in total. The topological polar surface area (TPSA) is 12.9 Å². The highest BCUT2D eigenvalue weighted by Crippen LogP contribution is 2.54. The summed E-state index contributed by atoms with van der Waals surface area (Å²) in [5, 5.41) is 5.04. The van der Waals surface area contributed by atoms with Crippen LogP contribution in [0.25, 0.3) is 55.1 Å². The van der Waals surface area contributed by atoms with Crippen molar-refractivity contribution in [2.45, 2.75) is 26.2 Å². The lowest BCUT2D eigenvalue weighted by Crippen LogP contribution is -2.14. The molecular formula is C35H27N. The molecule has 0 spiro atoms. The van der Waals surface area contributed by atoms with E-state index < -0.39 is 0 Å². The van der Waals surface area contributed by atoms with Gasteiger partial charge in [-0.15, -0.1) is 0 Å². The van der Waals surface area contributed by atoms with E-state index in [9.17, 15) is 0 Å². The van der Waals surface area contributed by atoms with Crippen molar-refractivity contribution < 1.29 is 0 Å². The largest absolute Gasteiger partial charge is 0.256 e. The van der Waals surface area contributed by atoms with Gasteiger partial charge in [0.15, 0.2) is 0 Å². The van der Waals surface area contributed by atoms with Gasteiger partial charge in [-0.25, -0.2) is 0 Å². The lowest BCUT2D eigenvalue weighted by molar-refractivity contribution is 0.660. The van der Waals surface area contributed by atoms with E-state index in [1.54, 1.807) is 0 Å². The summed E-state index contributed by atoms with van der Waals surface area (Å²) >= 11 is 0. The van der Waals surface area contributed by atoms with Crippen LogP contribution in [0.1, 0.15) is 30.5 Å². The van der Waals surface area contributed by atoms with Gasteiger partial charge in [-0.2, -0.15) is 0 Å². The molecule has 1 aliphatic carbocycles. The summed E-state index contributed by atoms with van der Waals surface area (Å²) in [6.07, 6.45) is 1.89. The molecule has 7 rings (SSSR count). The van der Waals surface area contributed by atoms with Crippen LogP contribution in [0.3, 0.4) is 0 Å². The smallest absolute Gasteiger partial charge is 0.0714 e. The van der Waals surface area contributed by atoms with Gasteiger partial charge in [0.25, 0.3) is 0 Å². The molecule has 0 bridgehead atoms. The second kappa shape index (κ2) is 7.63. The highest BCUT2D eigenvalue weighted by molar-refractivity contribution is 6.22. The van der Waals surface area contributed by atoms with Gasteiger partial charge in [-0.3, -0.25) is 4.98 Å². The summed E-state index contributed by atoms with van der Waals surface area (Å²) in [5.74, 6) is 0. The fourth-order valence-corrected chi connectivity index (χ4v) is 6.33. The molecule has 0 amide bonds. The number of nitrogens with zero attached hydrogens (tertiary/aromatic N) is 1. The highest BCUT2D eigenvalue weighted by atomic mass is 14.7. The quantitative estimate of drug-likeness (QED) is 0.234. The molecular weight excluding hydrogens is 434 g/mol. The standard InChI is InChI=1S/C35H27N/c1-22-18-19-25-28(21-22)32(23-11-4-5-12-24(23)34(25)31-17-8-9-20-36-31)27-14-10-16-30-33(27)26-13-6-7-15-29(26)35(30,2)3/h4-21H,1-3H3. The third kappa shape index (κ3) is 2.86. The molecule has 1 aliphatic rings. The molecule has 0 saturated carbocycles. The average Bonchev–Trinajstić information content (AvgIpc) is 3.15. The number of hydrogen-bond acceptors (Lipinski definition) is 1. The fourth-order valence-electron chi connectivity index (χ4n) is 6.33. The lowest BCUT2D eigenvalue weighted by atomic mass is 9.81. The maximum absolute atomic E-state index is 4.78. The molecule has 0 aliphatic heterocycles. The van der Waals surface area contributed by atoms with Crippen LogP contribution in [0.5, 0.6) is 0 Å². The van der Waals surface area contributed by atoms with Crippen molar-refractivity contribution in [3.8, 4) is 33.5 Å². The average molecular weight is 462 g/mol. The van der Waals surface area contributed by atoms with Crippen LogP contribution in [-0.4, -0.2) is 4.98 Å². The van der Waals surface area contributed by atoms with Gasteiger partial charge in [0, 0.05) is 17.2 Å². The van der Waals surface area contributed by atoms with Gasteiger partial charge in [-0.1, -0.05) is 110 Å². The Morgan fingerprint density at radius 2 is 1.19 bits per heavy atom. The van der Waals surface area contributed by atoms with Gasteiger partial charge >= 0.3 is 0 Å². The SMILES string of the molecule is Cc1ccc2c(-c3ccccn3)c3ccccc3c(-c3cccc4c3-c3ccccc3C4(C)C)c2c1. The van der Waals surface area contributed by atoms with Crippen molar-refractivity contribution >= 4 is 21.5 Å². The fraction of sp³-hybridized carbons (Fsp3) is 0.114. The Morgan fingerprint density at radius 1 is 0.528 bits per heavy atom. The van der Waals surface area contributed by atoms with Gasteiger partial charge in [-0.05, 0) is 74.0 Å². The Hall–Kier alpha value is -4.23. The Balaban J connectivity index is 1.69. The lowest BCUT2D eigenvalue weighted by Gasteiger charge is -2.22. The van der Waals surface area contributed by atoms with Crippen LogP contribution in [-0.2, 0) is 5.41 Å². The number of rotatable bonds is 2. The van der Waals surface area contributed by atoms with Crippen molar-refractivity contribution in [3.05, 3.63) is 126 Å². The van der Waals surface area contributed by atoms with Crippen LogP contribution >= 0.6 is 0 Å². The molecule has 36 heavy (non-hydrogen) atoms. The summed E-state index contributed by atoms with van der Waals surface area (Å²) < 4.78 is 0. The van der Waals surface area contributed by atoms with E-state index in [-0.39, 0.29) is 5.41 Å². The summed E-state index contributed by atoms with van der Waals surface area (Å²) in [7, 11) is 0. The van der Waals surface area contributed by atoms with E-state index in [4.69, 9.17) is 4.98 Å².